The molecular weight excluding hydrogens is 236 g/mol. The first-order valence-electron chi connectivity index (χ1n) is 6.37. The van der Waals surface area contributed by atoms with Crippen LogP contribution in [0.3, 0.4) is 0 Å². The van der Waals surface area contributed by atoms with Crippen molar-refractivity contribution in [1.82, 2.24) is 5.32 Å². The molecule has 4 heteroatoms. The van der Waals surface area contributed by atoms with E-state index in [1.807, 2.05) is 13.8 Å². The summed E-state index contributed by atoms with van der Waals surface area (Å²) < 4.78 is 31.7. The molecule has 0 radical (unpaired) electrons. The quantitative estimate of drug-likeness (QED) is 0.807. The molecule has 0 fully saturated rings. The number of nitrogens with one attached hydrogen (secondary N) is 1. The SMILES string of the molecule is CCCC(CNC(C)C)Oc1cc(F)cc(F)c1. The molecule has 0 saturated carbocycles. The number of benzene rings is 1. The molecule has 0 amide bonds. The van der Waals surface area contributed by atoms with Crippen LogP contribution in [0.5, 0.6) is 5.75 Å². The molecule has 2 nitrogen and oxygen atoms in total. The van der Waals surface area contributed by atoms with E-state index in [2.05, 4.69) is 12.2 Å². The Kier molecular flexibility index (Phi) is 6.05. The highest BCUT2D eigenvalue weighted by Crippen LogP contribution is 2.18. The van der Waals surface area contributed by atoms with Gasteiger partial charge in [0, 0.05) is 30.8 Å². The Hall–Kier alpha value is -1.16. The second-order valence-electron chi connectivity index (χ2n) is 4.70. The first-order valence-corrected chi connectivity index (χ1v) is 6.37. The first-order chi connectivity index (χ1) is 8.51. The van der Waals surface area contributed by atoms with Crippen molar-refractivity contribution in [2.45, 2.75) is 45.8 Å². The standard InChI is InChI=1S/C14H21F2NO/c1-4-5-13(9-17-10(2)3)18-14-7-11(15)6-12(16)8-14/h6-8,10,13,17H,4-5,9H2,1-3H3. The summed E-state index contributed by atoms with van der Waals surface area (Å²) in [5.74, 6) is -0.981. The third kappa shape index (κ3) is 5.45. The maximum absolute atomic E-state index is 13.0. The van der Waals surface area contributed by atoms with Gasteiger partial charge >= 0.3 is 0 Å². The van der Waals surface area contributed by atoms with Gasteiger partial charge in [-0.15, -0.1) is 0 Å². The summed E-state index contributed by atoms with van der Waals surface area (Å²) >= 11 is 0. The highest BCUT2D eigenvalue weighted by Gasteiger charge is 2.11. The van der Waals surface area contributed by atoms with E-state index >= 15 is 0 Å². The minimum atomic E-state index is -0.614. The molecule has 0 aromatic heterocycles. The van der Waals surface area contributed by atoms with Gasteiger partial charge in [0.1, 0.15) is 23.5 Å². The summed E-state index contributed by atoms with van der Waals surface area (Å²) in [7, 11) is 0. The van der Waals surface area contributed by atoms with Crippen LogP contribution in [-0.2, 0) is 0 Å². The van der Waals surface area contributed by atoms with Crippen LogP contribution in [0.1, 0.15) is 33.6 Å². The lowest BCUT2D eigenvalue weighted by atomic mass is 10.2. The molecule has 102 valence electrons. The first kappa shape index (κ1) is 14.9. The monoisotopic (exact) mass is 257 g/mol. The van der Waals surface area contributed by atoms with Gasteiger partial charge in [-0.2, -0.15) is 0 Å². The zero-order valence-electron chi connectivity index (χ0n) is 11.2. The van der Waals surface area contributed by atoms with Crippen molar-refractivity contribution in [2.24, 2.45) is 0 Å². The Bertz CT molecular complexity index is 349. The van der Waals surface area contributed by atoms with E-state index in [-0.39, 0.29) is 11.9 Å². The predicted molar refractivity (Wildman–Crippen MR) is 68.8 cm³/mol. The average molecular weight is 257 g/mol. The predicted octanol–water partition coefficient (Wildman–Crippen LogP) is 3.51. The Morgan fingerprint density at radius 2 is 1.78 bits per heavy atom. The van der Waals surface area contributed by atoms with Crippen LogP contribution in [0.25, 0.3) is 0 Å². The van der Waals surface area contributed by atoms with Gasteiger partial charge < -0.3 is 10.1 Å². The highest BCUT2D eigenvalue weighted by molar-refractivity contribution is 5.24. The van der Waals surface area contributed by atoms with Crippen LogP contribution in [0.2, 0.25) is 0 Å². The third-order valence-electron chi connectivity index (χ3n) is 2.50. The zero-order valence-corrected chi connectivity index (χ0v) is 11.2. The fourth-order valence-corrected chi connectivity index (χ4v) is 1.68. The molecule has 1 N–H and O–H groups in total. The normalized spacial score (nSPS) is 12.8. The molecule has 1 aromatic carbocycles. The second kappa shape index (κ2) is 7.31. The molecule has 0 bridgehead atoms. The maximum atomic E-state index is 13.0. The molecule has 0 heterocycles. The van der Waals surface area contributed by atoms with Crippen molar-refractivity contribution in [3.05, 3.63) is 29.8 Å². The van der Waals surface area contributed by atoms with Crippen molar-refractivity contribution in [3.63, 3.8) is 0 Å². The van der Waals surface area contributed by atoms with Crippen molar-refractivity contribution in [2.75, 3.05) is 6.54 Å². The van der Waals surface area contributed by atoms with Crippen molar-refractivity contribution < 1.29 is 13.5 Å². The summed E-state index contributed by atoms with van der Waals surface area (Å²) in [6.07, 6.45) is 1.73. The van der Waals surface area contributed by atoms with E-state index in [4.69, 9.17) is 4.74 Å². The number of rotatable bonds is 7. The van der Waals surface area contributed by atoms with Crippen molar-refractivity contribution in [1.29, 1.82) is 0 Å². The summed E-state index contributed by atoms with van der Waals surface area (Å²) in [6, 6.07) is 3.62. The Morgan fingerprint density at radius 3 is 2.28 bits per heavy atom. The van der Waals surface area contributed by atoms with Gasteiger partial charge in [0.05, 0.1) is 0 Å². The summed E-state index contributed by atoms with van der Waals surface area (Å²) in [4.78, 5) is 0. The van der Waals surface area contributed by atoms with Crippen LogP contribution in [-0.4, -0.2) is 18.7 Å². The zero-order chi connectivity index (χ0) is 13.5. The maximum Gasteiger partial charge on any atom is 0.129 e. The molecular formula is C14H21F2NO. The molecule has 18 heavy (non-hydrogen) atoms. The number of hydrogen-bond acceptors (Lipinski definition) is 2. The summed E-state index contributed by atoms with van der Waals surface area (Å²) in [5, 5.41) is 3.27. The van der Waals surface area contributed by atoms with Crippen LogP contribution in [0.15, 0.2) is 18.2 Å². The minimum absolute atomic E-state index is 0.0707. The third-order valence-corrected chi connectivity index (χ3v) is 2.50. The van der Waals surface area contributed by atoms with E-state index in [1.165, 1.54) is 12.1 Å². The molecule has 1 atom stereocenters. The smallest absolute Gasteiger partial charge is 0.129 e. The van der Waals surface area contributed by atoms with E-state index in [0.29, 0.717) is 12.6 Å². The number of halogens is 2. The van der Waals surface area contributed by atoms with Crippen LogP contribution in [0, 0.1) is 11.6 Å². The Morgan fingerprint density at radius 1 is 1.17 bits per heavy atom. The van der Waals surface area contributed by atoms with E-state index in [1.54, 1.807) is 0 Å². The van der Waals surface area contributed by atoms with Crippen LogP contribution < -0.4 is 10.1 Å². The largest absolute Gasteiger partial charge is 0.489 e. The molecule has 0 aliphatic carbocycles. The van der Waals surface area contributed by atoms with Gasteiger partial charge in [0.25, 0.3) is 0 Å². The molecule has 1 aromatic rings. The minimum Gasteiger partial charge on any atom is -0.489 e. The van der Waals surface area contributed by atoms with Gasteiger partial charge in [-0.05, 0) is 6.42 Å². The van der Waals surface area contributed by atoms with Gasteiger partial charge in [-0.3, -0.25) is 0 Å². The number of hydrogen-bond donors (Lipinski definition) is 1. The fraction of sp³-hybridized carbons (Fsp3) is 0.571. The van der Waals surface area contributed by atoms with E-state index in [0.717, 1.165) is 18.9 Å². The second-order valence-corrected chi connectivity index (χ2v) is 4.70. The lowest BCUT2D eigenvalue weighted by Gasteiger charge is -2.20. The lowest BCUT2D eigenvalue weighted by Crippen LogP contribution is -2.35. The Labute approximate surface area is 107 Å². The molecule has 0 aliphatic rings. The van der Waals surface area contributed by atoms with Gasteiger partial charge in [0.15, 0.2) is 0 Å². The van der Waals surface area contributed by atoms with Gasteiger partial charge in [-0.25, -0.2) is 8.78 Å². The summed E-state index contributed by atoms with van der Waals surface area (Å²) in [6.45, 7) is 6.82. The van der Waals surface area contributed by atoms with Crippen molar-refractivity contribution >= 4 is 0 Å². The van der Waals surface area contributed by atoms with E-state index < -0.39 is 11.6 Å². The lowest BCUT2D eigenvalue weighted by molar-refractivity contribution is 0.182. The number of ether oxygens (including phenoxy) is 1. The van der Waals surface area contributed by atoms with Crippen LogP contribution in [0.4, 0.5) is 8.78 Å². The van der Waals surface area contributed by atoms with E-state index in [9.17, 15) is 8.78 Å². The fourth-order valence-electron chi connectivity index (χ4n) is 1.68. The molecule has 1 rings (SSSR count). The molecule has 0 spiro atoms. The molecule has 0 aliphatic heterocycles. The Balaban J connectivity index is 2.63. The highest BCUT2D eigenvalue weighted by atomic mass is 19.1. The van der Waals surface area contributed by atoms with Crippen LogP contribution >= 0.6 is 0 Å². The molecule has 1 unspecified atom stereocenters. The van der Waals surface area contributed by atoms with Gasteiger partial charge in [0.2, 0.25) is 0 Å². The van der Waals surface area contributed by atoms with Gasteiger partial charge in [-0.1, -0.05) is 27.2 Å². The van der Waals surface area contributed by atoms with Crippen molar-refractivity contribution in [3.8, 4) is 5.75 Å². The summed E-state index contributed by atoms with van der Waals surface area (Å²) in [5.41, 5.74) is 0. The average Bonchev–Trinajstić information content (AvgIpc) is 2.24. The topological polar surface area (TPSA) is 21.3 Å². The molecule has 0 saturated heterocycles.